The smallest absolute Gasteiger partial charge is 0.338 e. The molecular weight excluding hydrogens is 272 g/mol. The summed E-state index contributed by atoms with van der Waals surface area (Å²) in [6, 6.07) is 6.66. The Morgan fingerprint density at radius 3 is 2.67 bits per heavy atom. The number of carbonyl (C=O) groups excluding carboxylic acids is 2. The molecule has 1 heterocycles. The number of nitrogens with zero attached hydrogens (tertiary/aromatic N) is 4. The molecule has 0 aliphatic carbocycles. The Morgan fingerprint density at radius 2 is 2.05 bits per heavy atom. The number of hydrogen-bond acceptors (Lipinski definition) is 6. The lowest BCUT2D eigenvalue weighted by Crippen LogP contribution is -2.26. The van der Waals surface area contributed by atoms with E-state index in [9.17, 15) is 9.59 Å². The summed E-state index contributed by atoms with van der Waals surface area (Å²) in [5, 5.41) is 10.8. The van der Waals surface area contributed by atoms with Crippen molar-refractivity contribution < 1.29 is 14.3 Å². The van der Waals surface area contributed by atoms with Crippen LogP contribution in [-0.2, 0) is 9.53 Å². The second-order valence-electron chi connectivity index (χ2n) is 5.55. The largest absolute Gasteiger partial charge is 0.454 e. The van der Waals surface area contributed by atoms with Crippen molar-refractivity contribution in [3.05, 3.63) is 36.2 Å². The minimum Gasteiger partial charge on any atom is -0.454 e. The number of rotatable bonds is 4. The summed E-state index contributed by atoms with van der Waals surface area (Å²) in [7, 11) is 0. The van der Waals surface area contributed by atoms with Gasteiger partial charge in [0.1, 0.15) is 6.33 Å². The zero-order valence-corrected chi connectivity index (χ0v) is 12.1. The van der Waals surface area contributed by atoms with Gasteiger partial charge in [0.05, 0.1) is 11.3 Å². The average Bonchev–Trinajstić information content (AvgIpc) is 2.97. The van der Waals surface area contributed by atoms with Crippen LogP contribution in [0.2, 0.25) is 0 Å². The Labute approximate surface area is 121 Å². The van der Waals surface area contributed by atoms with Crippen LogP contribution in [0.3, 0.4) is 0 Å². The van der Waals surface area contributed by atoms with Crippen molar-refractivity contribution in [1.82, 2.24) is 20.2 Å². The molecule has 0 aliphatic rings. The van der Waals surface area contributed by atoms with Crippen molar-refractivity contribution in [2.45, 2.75) is 20.8 Å². The molecule has 2 aromatic rings. The normalized spacial score (nSPS) is 11.2. The Bertz CT molecular complexity index is 644. The summed E-state index contributed by atoms with van der Waals surface area (Å²) in [5.41, 5.74) is 0.440. The third-order valence-electron chi connectivity index (χ3n) is 2.87. The van der Waals surface area contributed by atoms with Gasteiger partial charge in [0.25, 0.3) is 0 Å². The summed E-state index contributed by atoms with van der Waals surface area (Å²) in [4.78, 5) is 23.7. The van der Waals surface area contributed by atoms with E-state index in [1.807, 2.05) is 0 Å². The van der Waals surface area contributed by atoms with Crippen molar-refractivity contribution in [2.24, 2.45) is 5.41 Å². The predicted octanol–water partition coefficient (Wildman–Crippen LogP) is 1.43. The summed E-state index contributed by atoms with van der Waals surface area (Å²) < 4.78 is 6.47. The minimum absolute atomic E-state index is 0.132. The van der Waals surface area contributed by atoms with Crippen molar-refractivity contribution in [1.29, 1.82) is 0 Å². The third-order valence-corrected chi connectivity index (χ3v) is 2.87. The molecule has 1 aromatic heterocycles. The molecule has 7 heteroatoms. The van der Waals surface area contributed by atoms with E-state index < -0.39 is 11.4 Å². The van der Waals surface area contributed by atoms with Crippen molar-refractivity contribution >= 4 is 11.8 Å². The first-order valence-electron chi connectivity index (χ1n) is 6.42. The SMILES string of the molecule is CC(C)(C)C(=O)COC(=O)c1cccc(-n2cnnn2)c1. The van der Waals surface area contributed by atoms with Gasteiger partial charge in [-0.2, -0.15) is 0 Å². The molecule has 0 unspecified atom stereocenters. The summed E-state index contributed by atoms with van der Waals surface area (Å²) in [5.74, 6) is -0.685. The maximum absolute atomic E-state index is 12.0. The highest BCUT2D eigenvalue weighted by Gasteiger charge is 2.22. The molecule has 2 rings (SSSR count). The number of tetrazole rings is 1. The minimum atomic E-state index is -0.553. The van der Waals surface area contributed by atoms with Crippen molar-refractivity contribution in [3.63, 3.8) is 0 Å². The fourth-order valence-corrected chi connectivity index (χ4v) is 1.49. The molecule has 0 bridgehead atoms. The molecule has 21 heavy (non-hydrogen) atoms. The van der Waals surface area contributed by atoms with Gasteiger partial charge in [-0.1, -0.05) is 26.8 Å². The first-order valence-corrected chi connectivity index (χ1v) is 6.42. The fraction of sp³-hybridized carbons (Fsp3) is 0.357. The van der Waals surface area contributed by atoms with E-state index in [2.05, 4.69) is 15.5 Å². The van der Waals surface area contributed by atoms with Crippen LogP contribution in [0.25, 0.3) is 5.69 Å². The van der Waals surface area contributed by atoms with Crippen LogP contribution >= 0.6 is 0 Å². The van der Waals surface area contributed by atoms with Gasteiger partial charge in [-0.3, -0.25) is 4.79 Å². The number of Topliss-reactive ketones (excluding diaryl/α,β-unsaturated/α-hetero) is 1. The lowest BCUT2D eigenvalue weighted by Gasteiger charge is -2.16. The number of hydrogen-bond donors (Lipinski definition) is 0. The first-order chi connectivity index (χ1) is 9.88. The number of aromatic nitrogens is 4. The molecule has 0 spiro atoms. The Hall–Kier alpha value is -2.57. The van der Waals surface area contributed by atoms with E-state index in [1.165, 1.54) is 11.0 Å². The summed E-state index contributed by atoms with van der Waals surface area (Å²) in [6.07, 6.45) is 1.42. The van der Waals surface area contributed by atoms with E-state index in [-0.39, 0.29) is 12.4 Å². The second kappa shape index (κ2) is 5.82. The van der Waals surface area contributed by atoms with Gasteiger partial charge in [0.15, 0.2) is 12.4 Å². The highest BCUT2D eigenvalue weighted by atomic mass is 16.5. The topological polar surface area (TPSA) is 87.0 Å². The zero-order valence-electron chi connectivity index (χ0n) is 12.1. The second-order valence-corrected chi connectivity index (χ2v) is 5.55. The quantitative estimate of drug-likeness (QED) is 0.791. The first kappa shape index (κ1) is 14.8. The standard InChI is InChI=1S/C14H16N4O3/c1-14(2,3)12(19)8-21-13(20)10-5-4-6-11(7-10)18-9-15-16-17-18/h4-7,9H,8H2,1-3H3. The van der Waals surface area contributed by atoms with Crippen molar-refractivity contribution in [2.75, 3.05) is 6.61 Å². The number of ketones is 1. The average molecular weight is 288 g/mol. The van der Waals surface area contributed by atoms with Crippen LogP contribution in [-0.4, -0.2) is 38.6 Å². The Morgan fingerprint density at radius 1 is 1.29 bits per heavy atom. The molecular formula is C14H16N4O3. The van der Waals surface area contributed by atoms with E-state index in [1.54, 1.807) is 45.0 Å². The van der Waals surface area contributed by atoms with Gasteiger partial charge in [-0.25, -0.2) is 9.48 Å². The van der Waals surface area contributed by atoms with E-state index in [0.717, 1.165) is 0 Å². The van der Waals surface area contributed by atoms with Crippen LogP contribution in [0.1, 0.15) is 31.1 Å². The molecule has 0 N–H and O–H groups in total. The summed E-state index contributed by atoms with van der Waals surface area (Å²) in [6.45, 7) is 5.10. The van der Waals surface area contributed by atoms with Gasteiger partial charge in [0.2, 0.25) is 0 Å². The number of esters is 1. The number of carbonyl (C=O) groups is 2. The van der Waals surface area contributed by atoms with Crippen LogP contribution in [0, 0.1) is 5.41 Å². The Balaban J connectivity index is 2.07. The molecule has 0 amide bonds. The van der Waals surface area contributed by atoms with Gasteiger partial charge in [-0.05, 0) is 28.6 Å². The van der Waals surface area contributed by atoms with Crippen LogP contribution < -0.4 is 0 Å². The molecule has 110 valence electrons. The maximum Gasteiger partial charge on any atom is 0.338 e. The monoisotopic (exact) mass is 288 g/mol. The molecule has 0 radical (unpaired) electrons. The van der Waals surface area contributed by atoms with Crippen LogP contribution in [0.15, 0.2) is 30.6 Å². The van der Waals surface area contributed by atoms with Gasteiger partial charge in [0, 0.05) is 5.41 Å². The molecule has 0 saturated heterocycles. The Kier molecular flexibility index (Phi) is 4.11. The lowest BCUT2D eigenvalue weighted by molar-refractivity contribution is -0.129. The third kappa shape index (κ3) is 3.71. The van der Waals surface area contributed by atoms with Crippen LogP contribution in [0.4, 0.5) is 0 Å². The van der Waals surface area contributed by atoms with E-state index >= 15 is 0 Å². The van der Waals surface area contributed by atoms with E-state index in [0.29, 0.717) is 11.3 Å². The van der Waals surface area contributed by atoms with E-state index in [4.69, 9.17) is 4.74 Å². The zero-order chi connectivity index (χ0) is 15.5. The highest BCUT2D eigenvalue weighted by molar-refractivity contribution is 5.93. The highest BCUT2D eigenvalue weighted by Crippen LogP contribution is 2.15. The van der Waals surface area contributed by atoms with Crippen molar-refractivity contribution in [3.8, 4) is 5.69 Å². The van der Waals surface area contributed by atoms with Crippen LogP contribution in [0.5, 0.6) is 0 Å². The van der Waals surface area contributed by atoms with Gasteiger partial charge < -0.3 is 4.74 Å². The fourth-order valence-electron chi connectivity index (χ4n) is 1.49. The van der Waals surface area contributed by atoms with Gasteiger partial charge in [-0.15, -0.1) is 5.10 Å². The molecule has 0 fully saturated rings. The number of benzene rings is 1. The molecule has 1 aromatic carbocycles. The molecule has 0 atom stereocenters. The lowest BCUT2D eigenvalue weighted by atomic mass is 9.91. The summed E-state index contributed by atoms with van der Waals surface area (Å²) >= 11 is 0. The molecule has 0 aliphatic heterocycles. The molecule has 0 saturated carbocycles. The maximum atomic E-state index is 12.0. The van der Waals surface area contributed by atoms with Gasteiger partial charge >= 0.3 is 5.97 Å². The molecule has 7 nitrogen and oxygen atoms in total. The number of ether oxygens (including phenoxy) is 1. The predicted molar refractivity (Wildman–Crippen MR) is 73.9 cm³/mol.